The van der Waals surface area contributed by atoms with Crippen LogP contribution in [-0.2, 0) is 16.0 Å². The maximum Gasteiger partial charge on any atom is 0.243 e. The Morgan fingerprint density at radius 2 is 1.83 bits per heavy atom. The van der Waals surface area contributed by atoms with E-state index in [1.807, 2.05) is 24.3 Å². The highest BCUT2D eigenvalue weighted by atomic mass is 16.2. The van der Waals surface area contributed by atoms with Crippen molar-refractivity contribution in [3.63, 3.8) is 0 Å². The van der Waals surface area contributed by atoms with Gasteiger partial charge in [-0.2, -0.15) is 0 Å². The highest BCUT2D eigenvalue weighted by Gasteiger charge is 2.36. The largest absolute Gasteiger partial charge is 0.353 e. The van der Waals surface area contributed by atoms with Gasteiger partial charge in [-0.1, -0.05) is 31.0 Å². The predicted molar refractivity (Wildman–Crippen MR) is 95.0 cm³/mol. The summed E-state index contributed by atoms with van der Waals surface area (Å²) in [7, 11) is 0. The molecule has 1 atom stereocenters. The van der Waals surface area contributed by atoms with Gasteiger partial charge in [-0.3, -0.25) is 14.5 Å². The SMILES string of the molecule is CC(=O)N1c2ccccc2CC1C(=O)NCCN1CCCCCC1. The van der Waals surface area contributed by atoms with E-state index in [0.29, 0.717) is 13.0 Å². The Hall–Kier alpha value is -1.88. The molecule has 0 spiro atoms. The summed E-state index contributed by atoms with van der Waals surface area (Å²) in [6, 6.07) is 7.37. The molecule has 3 rings (SSSR count). The number of rotatable bonds is 4. The number of nitrogens with one attached hydrogen (secondary N) is 1. The molecule has 2 aliphatic heterocycles. The van der Waals surface area contributed by atoms with Crippen LogP contribution >= 0.6 is 0 Å². The third-order valence-corrected chi connectivity index (χ3v) is 5.04. The van der Waals surface area contributed by atoms with E-state index in [4.69, 9.17) is 0 Å². The Morgan fingerprint density at radius 1 is 1.12 bits per heavy atom. The molecular formula is C19H27N3O2. The van der Waals surface area contributed by atoms with E-state index in [9.17, 15) is 9.59 Å². The second-order valence-corrected chi connectivity index (χ2v) is 6.78. The molecule has 1 unspecified atom stereocenters. The Bertz CT molecular complexity index is 594. The number of carbonyl (C=O) groups is 2. The first kappa shape index (κ1) is 17.0. The molecule has 0 bridgehead atoms. The molecule has 1 N–H and O–H groups in total. The number of anilines is 1. The number of carbonyl (C=O) groups excluding carboxylic acids is 2. The first-order chi connectivity index (χ1) is 11.7. The van der Waals surface area contributed by atoms with Crippen LogP contribution in [0, 0.1) is 0 Å². The molecule has 0 aliphatic carbocycles. The lowest BCUT2D eigenvalue weighted by atomic mass is 10.1. The molecule has 0 radical (unpaired) electrons. The second-order valence-electron chi connectivity index (χ2n) is 6.78. The average Bonchev–Trinajstić information content (AvgIpc) is 2.78. The molecule has 1 saturated heterocycles. The van der Waals surface area contributed by atoms with Crippen LogP contribution in [0.4, 0.5) is 5.69 Å². The smallest absolute Gasteiger partial charge is 0.243 e. The Balaban J connectivity index is 1.56. The van der Waals surface area contributed by atoms with Crippen molar-refractivity contribution in [3.8, 4) is 0 Å². The normalized spacial score (nSPS) is 21.2. The molecule has 1 fully saturated rings. The van der Waals surface area contributed by atoms with Gasteiger partial charge in [0.25, 0.3) is 0 Å². The van der Waals surface area contributed by atoms with Crippen LogP contribution < -0.4 is 10.2 Å². The minimum absolute atomic E-state index is 0.0452. The topological polar surface area (TPSA) is 52.7 Å². The van der Waals surface area contributed by atoms with Crippen LogP contribution in [0.2, 0.25) is 0 Å². The summed E-state index contributed by atoms with van der Waals surface area (Å²) in [5, 5.41) is 3.04. The fourth-order valence-electron chi connectivity index (χ4n) is 3.80. The number of benzene rings is 1. The van der Waals surface area contributed by atoms with E-state index >= 15 is 0 Å². The van der Waals surface area contributed by atoms with Gasteiger partial charge in [-0.05, 0) is 37.6 Å². The summed E-state index contributed by atoms with van der Waals surface area (Å²) in [4.78, 5) is 28.7. The summed E-state index contributed by atoms with van der Waals surface area (Å²) in [5.74, 6) is -0.121. The van der Waals surface area contributed by atoms with E-state index in [-0.39, 0.29) is 11.8 Å². The van der Waals surface area contributed by atoms with E-state index in [1.54, 1.807) is 4.90 Å². The molecule has 130 valence electrons. The summed E-state index contributed by atoms with van der Waals surface area (Å²) < 4.78 is 0. The minimum Gasteiger partial charge on any atom is -0.353 e. The van der Waals surface area contributed by atoms with Crippen LogP contribution in [0.15, 0.2) is 24.3 Å². The van der Waals surface area contributed by atoms with Gasteiger partial charge in [0, 0.05) is 32.1 Å². The zero-order valence-electron chi connectivity index (χ0n) is 14.5. The predicted octanol–water partition coefficient (Wildman–Crippen LogP) is 1.96. The van der Waals surface area contributed by atoms with Gasteiger partial charge < -0.3 is 10.2 Å². The van der Waals surface area contributed by atoms with Crippen molar-refractivity contribution in [2.45, 2.75) is 45.1 Å². The number of hydrogen-bond acceptors (Lipinski definition) is 3. The van der Waals surface area contributed by atoms with Crippen molar-refractivity contribution >= 4 is 17.5 Å². The van der Waals surface area contributed by atoms with Crippen molar-refractivity contribution in [2.75, 3.05) is 31.1 Å². The zero-order valence-corrected chi connectivity index (χ0v) is 14.5. The molecule has 0 saturated carbocycles. The lowest BCUT2D eigenvalue weighted by molar-refractivity contribution is -0.125. The van der Waals surface area contributed by atoms with Crippen molar-refractivity contribution < 1.29 is 9.59 Å². The maximum atomic E-state index is 12.6. The van der Waals surface area contributed by atoms with Gasteiger partial charge in [0.15, 0.2) is 0 Å². The fourth-order valence-corrected chi connectivity index (χ4v) is 3.80. The second kappa shape index (κ2) is 7.79. The Morgan fingerprint density at radius 3 is 2.54 bits per heavy atom. The highest BCUT2D eigenvalue weighted by molar-refractivity contribution is 6.02. The minimum atomic E-state index is -0.413. The molecule has 2 aliphatic rings. The van der Waals surface area contributed by atoms with Crippen LogP contribution in [-0.4, -0.2) is 48.9 Å². The van der Waals surface area contributed by atoms with Crippen molar-refractivity contribution in [2.24, 2.45) is 0 Å². The van der Waals surface area contributed by atoms with Gasteiger partial charge in [0.1, 0.15) is 6.04 Å². The molecule has 1 aromatic rings. The number of likely N-dealkylation sites (tertiary alicyclic amines) is 1. The molecule has 5 heteroatoms. The van der Waals surface area contributed by atoms with Gasteiger partial charge in [-0.25, -0.2) is 0 Å². The summed E-state index contributed by atoms with van der Waals surface area (Å²) >= 11 is 0. The average molecular weight is 329 g/mol. The Labute approximate surface area is 144 Å². The van der Waals surface area contributed by atoms with Crippen LogP contribution in [0.1, 0.15) is 38.2 Å². The fraction of sp³-hybridized carbons (Fsp3) is 0.579. The maximum absolute atomic E-state index is 12.6. The highest BCUT2D eigenvalue weighted by Crippen LogP contribution is 2.32. The quantitative estimate of drug-likeness (QED) is 0.919. The monoisotopic (exact) mass is 329 g/mol. The van der Waals surface area contributed by atoms with E-state index in [1.165, 1.54) is 32.6 Å². The van der Waals surface area contributed by atoms with Crippen molar-refractivity contribution in [1.29, 1.82) is 0 Å². The molecule has 5 nitrogen and oxygen atoms in total. The van der Waals surface area contributed by atoms with Crippen LogP contribution in [0.3, 0.4) is 0 Å². The van der Waals surface area contributed by atoms with Crippen LogP contribution in [0.25, 0.3) is 0 Å². The summed E-state index contributed by atoms with van der Waals surface area (Å²) in [6.07, 6.45) is 5.74. The molecule has 2 amide bonds. The molecule has 2 heterocycles. The van der Waals surface area contributed by atoms with Gasteiger partial charge >= 0.3 is 0 Å². The van der Waals surface area contributed by atoms with Gasteiger partial charge in [0.2, 0.25) is 11.8 Å². The third-order valence-electron chi connectivity index (χ3n) is 5.04. The van der Waals surface area contributed by atoms with Crippen LogP contribution in [0.5, 0.6) is 0 Å². The third kappa shape index (κ3) is 3.78. The number of amides is 2. The number of fused-ring (bicyclic) bond motifs is 1. The van der Waals surface area contributed by atoms with E-state index in [2.05, 4.69) is 10.2 Å². The molecule has 1 aromatic carbocycles. The van der Waals surface area contributed by atoms with E-state index in [0.717, 1.165) is 30.9 Å². The van der Waals surface area contributed by atoms with Gasteiger partial charge in [-0.15, -0.1) is 0 Å². The van der Waals surface area contributed by atoms with Crippen molar-refractivity contribution in [1.82, 2.24) is 10.2 Å². The Kier molecular flexibility index (Phi) is 5.51. The summed E-state index contributed by atoms with van der Waals surface area (Å²) in [6.45, 7) is 5.33. The molecular weight excluding hydrogens is 302 g/mol. The first-order valence-corrected chi connectivity index (χ1v) is 9.04. The number of para-hydroxylation sites is 1. The number of hydrogen-bond donors (Lipinski definition) is 1. The van der Waals surface area contributed by atoms with E-state index < -0.39 is 6.04 Å². The standard InChI is InChI=1S/C19H27N3O2/c1-15(23)22-17-9-5-4-8-16(17)14-18(22)19(24)20-10-13-21-11-6-2-3-7-12-21/h4-5,8-9,18H,2-3,6-7,10-14H2,1H3,(H,20,24). The lowest BCUT2D eigenvalue weighted by Crippen LogP contribution is -2.48. The van der Waals surface area contributed by atoms with Gasteiger partial charge in [0.05, 0.1) is 0 Å². The first-order valence-electron chi connectivity index (χ1n) is 9.04. The lowest BCUT2D eigenvalue weighted by Gasteiger charge is -2.24. The molecule has 0 aromatic heterocycles. The molecule has 24 heavy (non-hydrogen) atoms. The number of nitrogens with zero attached hydrogens (tertiary/aromatic N) is 2. The zero-order chi connectivity index (χ0) is 16.9. The summed E-state index contributed by atoms with van der Waals surface area (Å²) in [5.41, 5.74) is 1.94. The van der Waals surface area contributed by atoms with Crippen molar-refractivity contribution in [3.05, 3.63) is 29.8 Å².